The van der Waals surface area contributed by atoms with Crippen LogP contribution in [0.5, 0.6) is 5.75 Å². The summed E-state index contributed by atoms with van der Waals surface area (Å²) >= 11 is 5.48. The number of thiocarbonyl (C=S) groups is 1. The molecule has 0 radical (unpaired) electrons. The molecule has 1 aliphatic carbocycles. The molecule has 0 amide bonds. The minimum Gasteiger partial charge on any atom is -0.507 e. The zero-order valence-corrected chi connectivity index (χ0v) is 11.8. The van der Waals surface area contributed by atoms with E-state index in [0.717, 1.165) is 5.56 Å². The maximum absolute atomic E-state index is 12.6. The van der Waals surface area contributed by atoms with E-state index in [4.69, 9.17) is 18.0 Å². The number of aryl methyl sites for hydroxylation is 1. The molecule has 0 saturated carbocycles. The number of fused-ring (bicyclic) bond motifs is 2. The number of rotatable bonds is 1. The van der Waals surface area contributed by atoms with Crippen LogP contribution >= 0.6 is 12.2 Å². The number of hydrogen-bond acceptors (Lipinski definition) is 4. The van der Waals surface area contributed by atoms with E-state index in [1.165, 1.54) is 0 Å². The van der Waals surface area contributed by atoms with Gasteiger partial charge in [-0.05, 0) is 18.1 Å². The first kappa shape index (κ1) is 12.8. The molecule has 0 fully saturated rings. The van der Waals surface area contributed by atoms with Crippen molar-refractivity contribution < 1.29 is 9.90 Å². The number of nitrogen functional groups attached to an aromatic ring is 1. The third-order valence-electron chi connectivity index (χ3n) is 3.68. The SMILES string of the molecule is CCc1cc(O)c2c(c1N)C(=S)c1ccccc1C2=O. The number of hydrogen-bond donors (Lipinski definition) is 2. The average Bonchev–Trinajstić information content (AvgIpc) is 2.46. The second-order valence-electron chi connectivity index (χ2n) is 4.78. The normalized spacial score (nSPS) is 13.1. The van der Waals surface area contributed by atoms with Crippen molar-refractivity contribution in [2.45, 2.75) is 13.3 Å². The van der Waals surface area contributed by atoms with Crippen LogP contribution in [0.2, 0.25) is 0 Å². The minimum atomic E-state index is -0.226. The Morgan fingerprint density at radius 1 is 1.20 bits per heavy atom. The lowest BCUT2D eigenvalue weighted by Crippen LogP contribution is -2.22. The van der Waals surface area contributed by atoms with Crippen molar-refractivity contribution in [2.75, 3.05) is 5.73 Å². The van der Waals surface area contributed by atoms with Crippen LogP contribution in [0, 0.1) is 0 Å². The van der Waals surface area contributed by atoms with E-state index >= 15 is 0 Å². The van der Waals surface area contributed by atoms with Gasteiger partial charge in [0.2, 0.25) is 0 Å². The van der Waals surface area contributed by atoms with Gasteiger partial charge in [-0.15, -0.1) is 0 Å². The van der Waals surface area contributed by atoms with Gasteiger partial charge in [0.25, 0.3) is 0 Å². The average molecular weight is 283 g/mol. The zero-order chi connectivity index (χ0) is 14.4. The molecule has 3 rings (SSSR count). The Bertz CT molecular complexity index is 765. The third-order valence-corrected chi connectivity index (χ3v) is 4.11. The highest BCUT2D eigenvalue weighted by molar-refractivity contribution is 7.81. The summed E-state index contributed by atoms with van der Waals surface area (Å²) < 4.78 is 0. The molecular formula is C16H13NO2S. The molecule has 0 aliphatic heterocycles. The Morgan fingerprint density at radius 2 is 1.85 bits per heavy atom. The molecule has 100 valence electrons. The maximum Gasteiger partial charge on any atom is 0.198 e. The fraction of sp³-hybridized carbons (Fsp3) is 0.125. The van der Waals surface area contributed by atoms with Crippen molar-refractivity contribution in [3.05, 3.63) is 58.1 Å². The molecule has 4 heteroatoms. The molecule has 2 aromatic rings. The van der Waals surface area contributed by atoms with Gasteiger partial charge >= 0.3 is 0 Å². The molecule has 1 aliphatic rings. The predicted molar refractivity (Wildman–Crippen MR) is 82.6 cm³/mol. The molecule has 0 aromatic heterocycles. The molecule has 0 bridgehead atoms. The van der Waals surface area contributed by atoms with Crippen LogP contribution in [0.3, 0.4) is 0 Å². The monoisotopic (exact) mass is 283 g/mol. The number of aromatic hydroxyl groups is 1. The van der Waals surface area contributed by atoms with Crippen molar-refractivity contribution in [2.24, 2.45) is 0 Å². The summed E-state index contributed by atoms with van der Waals surface area (Å²) in [6, 6.07) is 8.71. The molecule has 2 aromatic carbocycles. The topological polar surface area (TPSA) is 63.3 Å². The van der Waals surface area contributed by atoms with Crippen molar-refractivity contribution in [1.29, 1.82) is 0 Å². The van der Waals surface area contributed by atoms with Crippen LogP contribution in [0.25, 0.3) is 0 Å². The van der Waals surface area contributed by atoms with Crippen molar-refractivity contribution in [3.63, 3.8) is 0 Å². The van der Waals surface area contributed by atoms with Gasteiger partial charge < -0.3 is 10.8 Å². The third kappa shape index (κ3) is 1.58. The Kier molecular flexibility index (Phi) is 2.83. The predicted octanol–water partition coefficient (Wildman–Crippen LogP) is 2.85. The van der Waals surface area contributed by atoms with E-state index in [2.05, 4.69) is 0 Å². The van der Waals surface area contributed by atoms with Gasteiger partial charge in [0.05, 0.1) is 10.4 Å². The van der Waals surface area contributed by atoms with Crippen LogP contribution in [-0.2, 0) is 6.42 Å². The fourth-order valence-electron chi connectivity index (χ4n) is 2.64. The van der Waals surface area contributed by atoms with Crippen molar-refractivity contribution in [3.8, 4) is 5.75 Å². The van der Waals surface area contributed by atoms with Crippen LogP contribution in [-0.4, -0.2) is 15.8 Å². The standard InChI is InChI=1S/C16H13NO2S/c1-2-8-7-11(18)12-13(14(8)17)16(20)10-6-4-3-5-9(10)15(12)19/h3-7,18H,2,17H2,1H3. The summed E-state index contributed by atoms with van der Waals surface area (Å²) in [6.45, 7) is 1.94. The van der Waals surface area contributed by atoms with Gasteiger partial charge in [0.1, 0.15) is 5.75 Å². The van der Waals surface area contributed by atoms with Gasteiger partial charge in [-0.25, -0.2) is 0 Å². The van der Waals surface area contributed by atoms with Crippen LogP contribution in [0.1, 0.15) is 39.5 Å². The summed E-state index contributed by atoms with van der Waals surface area (Å²) in [5.41, 5.74) is 9.39. The lowest BCUT2D eigenvalue weighted by atomic mass is 9.82. The van der Waals surface area contributed by atoms with Gasteiger partial charge in [-0.1, -0.05) is 43.4 Å². The number of nitrogens with two attached hydrogens (primary N) is 1. The number of benzene rings is 2. The Labute approximate surface area is 122 Å². The van der Waals surface area contributed by atoms with E-state index in [-0.39, 0.29) is 17.1 Å². The number of carbonyl (C=O) groups excluding carboxylic acids is 1. The molecule has 0 unspecified atom stereocenters. The zero-order valence-electron chi connectivity index (χ0n) is 10.9. The van der Waals surface area contributed by atoms with E-state index in [9.17, 15) is 9.90 Å². The van der Waals surface area contributed by atoms with E-state index in [1.54, 1.807) is 18.2 Å². The summed E-state index contributed by atoms with van der Waals surface area (Å²) in [7, 11) is 0. The smallest absolute Gasteiger partial charge is 0.198 e. The lowest BCUT2D eigenvalue weighted by molar-refractivity contribution is 0.103. The maximum atomic E-state index is 12.6. The van der Waals surface area contributed by atoms with Crippen LogP contribution in [0.4, 0.5) is 5.69 Å². The molecule has 0 atom stereocenters. The summed E-state index contributed by atoms with van der Waals surface area (Å²) in [5.74, 6) is -0.274. The number of ketones is 1. The quantitative estimate of drug-likeness (QED) is 0.409. The Hall–Kier alpha value is -2.20. The van der Waals surface area contributed by atoms with E-state index in [1.807, 2.05) is 19.1 Å². The molecule has 3 N–H and O–H groups in total. The van der Waals surface area contributed by atoms with E-state index < -0.39 is 0 Å². The highest BCUT2D eigenvalue weighted by atomic mass is 32.1. The summed E-state index contributed by atoms with van der Waals surface area (Å²) in [5, 5.41) is 10.2. The van der Waals surface area contributed by atoms with Gasteiger partial charge in [0, 0.05) is 22.4 Å². The number of phenolic OH excluding ortho intramolecular Hbond substituents is 1. The minimum absolute atomic E-state index is 0.0482. The summed E-state index contributed by atoms with van der Waals surface area (Å²) in [4.78, 5) is 13.1. The van der Waals surface area contributed by atoms with Crippen LogP contribution in [0.15, 0.2) is 30.3 Å². The fourth-order valence-corrected chi connectivity index (χ4v) is 3.03. The molecule has 0 saturated heterocycles. The first-order valence-corrected chi connectivity index (χ1v) is 6.79. The van der Waals surface area contributed by atoms with Gasteiger partial charge in [0.15, 0.2) is 5.78 Å². The first-order valence-electron chi connectivity index (χ1n) is 6.39. The van der Waals surface area contributed by atoms with E-state index in [0.29, 0.717) is 33.7 Å². The second-order valence-corrected chi connectivity index (χ2v) is 5.18. The number of phenols is 1. The van der Waals surface area contributed by atoms with Gasteiger partial charge in [-0.2, -0.15) is 0 Å². The molecule has 0 heterocycles. The lowest BCUT2D eigenvalue weighted by Gasteiger charge is -2.23. The molecule has 20 heavy (non-hydrogen) atoms. The van der Waals surface area contributed by atoms with Crippen molar-refractivity contribution in [1.82, 2.24) is 0 Å². The van der Waals surface area contributed by atoms with Crippen molar-refractivity contribution >= 4 is 28.6 Å². The number of carbonyl (C=O) groups is 1. The summed E-state index contributed by atoms with van der Waals surface area (Å²) in [6.07, 6.45) is 0.672. The highest BCUT2D eigenvalue weighted by Crippen LogP contribution is 2.38. The molecular weight excluding hydrogens is 270 g/mol. The Balaban J connectivity index is 2.39. The van der Waals surface area contributed by atoms with Gasteiger partial charge in [-0.3, -0.25) is 4.79 Å². The highest BCUT2D eigenvalue weighted by Gasteiger charge is 2.32. The molecule has 3 nitrogen and oxygen atoms in total. The molecule has 0 spiro atoms. The second kappa shape index (κ2) is 4.42. The largest absolute Gasteiger partial charge is 0.507 e. The van der Waals surface area contributed by atoms with Crippen LogP contribution < -0.4 is 5.73 Å². The number of anilines is 1. The Morgan fingerprint density at radius 3 is 2.50 bits per heavy atom. The first-order chi connectivity index (χ1) is 9.56.